The van der Waals surface area contributed by atoms with Gasteiger partial charge in [0.2, 0.25) is 5.79 Å². The highest BCUT2D eigenvalue weighted by molar-refractivity contribution is 6.42. The molecule has 90 valence electrons. The number of hydrogen-bond donors (Lipinski definition) is 0. The predicted octanol–water partition coefficient (Wildman–Crippen LogP) is 3.50. The summed E-state index contributed by atoms with van der Waals surface area (Å²) in [4.78, 5) is 2.72. The van der Waals surface area contributed by atoms with Crippen molar-refractivity contribution in [1.29, 1.82) is 0 Å². The van der Waals surface area contributed by atoms with Gasteiger partial charge in [-0.3, -0.25) is 0 Å². The number of ether oxygens (including phenoxy) is 2. The first kappa shape index (κ1) is 12.5. The molecule has 5 nitrogen and oxygen atoms in total. The molecule has 0 radical (unpaired) electrons. The molecule has 1 fully saturated rings. The zero-order valence-corrected chi connectivity index (χ0v) is 10.3. The third kappa shape index (κ3) is 2.49. The summed E-state index contributed by atoms with van der Waals surface area (Å²) in [6.07, 6.45) is 0. The van der Waals surface area contributed by atoms with Crippen LogP contribution < -0.4 is 0 Å². The first-order chi connectivity index (χ1) is 8.18. The Labute approximate surface area is 108 Å². The summed E-state index contributed by atoms with van der Waals surface area (Å²) in [5, 5.41) is 4.37. The average molecular weight is 274 g/mol. The van der Waals surface area contributed by atoms with E-state index in [4.69, 9.17) is 38.2 Å². The minimum atomic E-state index is -1.04. The summed E-state index contributed by atoms with van der Waals surface area (Å²) in [5.41, 5.74) is 9.08. The van der Waals surface area contributed by atoms with Crippen molar-refractivity contribution in [3.63, 3.8) is 0 Å². The van der Waals surface area contributed by atoms with E-state index in [1.165, 1.54) is 0 Å². The number of nitrogens with zero attached hydrogens (tertiary/aromatic N) is 3. The lowest BCUT2D eigenvalue weighted by atomic mass is 10.1. The minimum Gasteiger partial charge on any atom is -0.343 e. The smallest absolute Gasteiger partial charge is 0.200 e. The zero-order chi connectivity index (χ0) is 12.3. The third-order valence-electron chi connectivity index (χ3n) is 2.46. The van der Waals surface area contributed by atoms with Crippen LogP contribution in [0.4, 0.5) is 0 Å². The quantitative estimate of drug-likeness (QED) is 0.481. The lowest BCUT2D eigenvalue weighted by Crippen LogP contribution is -2.30. The maximum atomic E-state index is 8.39. The number of rotatable bonds is 3. The Morgan fingerprint density at radius 1 is 1.29 bits per heavy atom. The van der Waals surface area contributed by atoms with Crippen LogP contribution in [0.15, 0.2) is 23.3 Å². The third-order valence-corrected chi connectivity index (χ3v) is 3.19. The summed E-state index contributed by atoms with van der Waals surface area (Å²) in [6, 6.07) is 5.05. The van der Waals surface area contributed by atoms with Crippen LogP contribution in [-0.4, -0.2) is 19.8 Å². The second-order valence-electron chi connectivity index (χ2n) is 3.47. The number of hydrogen-bond acceptors (Lipinski definition) is 3. The van der Waals surface area contributed by atoms with E-state index in [1.54, 1.807) is 18.2 Å². The van der Waals surface area contributed by atoms with Crippen molar-refractivity contribution in [1.82, 2.24) is 0 Å². The molecule has 0 bridgehead atoms. The molecule has 1 aromatic carbocycles. The Balaban J connectivity index is 2.38. The second kappa shape index (κ2) is 5.12. The molecule has 1 aliphatic heterocycles. The van der Waals surface area contributed by atoms with Crippen molar-refractivity contribution >= 4 is 23.2 Å². The fourth-order valence-electron chi connectivity index (χ4n) is 1.66. The Hall–Kier alpha value is -0.970. The fourth-order valence-corrected chi connectivity index (χ4v) is 1.96. The van der Waals surface area contributed by atoms with Crippen LogP contribution in [0, 0.1) is 0 Å². The van der Waals surface area contributed by atoms with Crippen molar-refractivity contribution in [2.75, 3.05) is 19.8 Å². The largest absolute Gasteiger partial charge is 0.343 e. The molecule has 1 heterocycles. The lowest BCUT2D eigenvalue weighted by molar-refractivity contribution is -0.156. The molecule has 0 spiro atoms. The molecular weight excluding hydrogens is 265 g/mol. The first-order valence-electron chi connectivity index (χ1n) is 4.92. The van der Waals surface area contributed by atoms with E-state index in [0.29, 0.717) is 28.8 Å². The molecule has 17 heavy (non-hydrogen) atoms. The average Bonchev–Trinajstić information content (AvgIpc) is 2.80. The normalized spacial score (nSPS) is 17.8. The zero-order valence-electron chi connectivity index (χ0n) is 8.77. The minimum absolute atomic E-state index is 0.0570. The van der Waals surface area contributed by atoms with Gasteiger partial charge in [0.15, 0.2) is 0 Å². The van der Waals surface area contributed by atoms with Gasteiger partial charge in [-0.2, -0.15) is 0 Å². The highest BCUT2D eigenvalue weighted by Crippen LogP contribution is 2.35. The topological polar surface area (TPSA) is 67.2 Å². The molecule has 1 saturated heterocycles. The molecule has 0 unspecified atom stereocenters. The van der Waals surface area contributed by atoms with Crippen LogP contribution in [-0.2, 0) is 15.3 Å². The summed E-state index contributed by atoms with van der Waals surface area (Å²) >= 11 is 11.8. The van der Waals surface area contributed by atoms with Crippen molar-refractivity contribution < 1.29 is 9.47 Å². The first-order valence-corrected chi connectivity index (χ1v) is 5.68. The van der Waals surface area contributed by atoms with Crippen molar-refractivity contribution in [3.8, 4) is 0 Å². The maximum Gasteiger partial charge on any atom is 0.200 e. The number of halogens is 2. The predicted molar refractivity (Wildman–Crippen MR) is 64.1 cm³/mol. The lowest BCUT2D eigenvalue weighted by Gasteiger charge is -2.26. The Bertz CT molecular complexity index is 469. The molecule has 1 aliphatic rings. The van der Waals surface area contributed by atoms with Gasteiger partial charge in [-0.15, -0.1) is 0 Å². The van der Waals surface area contributed by atoms with Gasteiger partial charge in [-0.25, -0.2) is 0 Å². The van der Waals surface area contributed by atoms with Crippen molar-refractivity contribution in [2.24, 2.45) is 5.11 Å². The molecule has 0 aromatic heterocycles. The van der Waals surface area contributed by atoms with Gasteiger partial charge >= 0.3 is 0 Å². The van der Waals surface area contributed by atoms with Crippen LogP contribution in [0.1, 0.15) is 5.56 Å². The van der Waals surface area contributed by atoms with E-state index in [1.807, 2.05) is 0 Å². The van der Waals surface area contributed by atoms with E-state index in [9.17, 15) is 0 Å². The van der Waals surface area contributed by atoms with Crippen LogP contribution >= 0.6 is 23.2 Å². The summed E-state index contributed by atoms with van der Waals surface area (Å²) < 4.78 is 11.1. The van der Waals surface area contributed by atoms with E-state index in [0.717, 1.165) is 0 Å². The van der Waals surface area contributed by atoms with Gasteiger partial charge < -0.3 is 9.47 Å². The molecule has 1 aromatic rings. The van der Waals surface area contributed by atoms with Gasteiger partial charge in [-0.1, -0.05) is 34.4 Å². The van der Waals surface area contributed by atoms with Crippen LogP contribution in [0.3, 0.4) is 0 Å². The Morgan fingerprint density at radius 3 is 2.59 bits per heavy atom. The summed E-state index contributed by atoms with van der Waals surface area (Å²) in [5.74, 6) is -1.04. The maximum absolute atomic E-state index is 8.39. The monoisotopic (exact) mass is 273 g/mol. The van der Waals surface area contributed by atoms with Gasteiger partial charge in [0.25, 0.3) is 0 Å². The van der Waals surface area contributed by atoms with Gasteiger partial charge in [-0.05, 0) is 17.7 Å². The SMILES string of the molecule is [N-]=[N+]=NCC1(c2ccc(Cl)c(Cl)c2)OCCO1. The molecule has 0 saturated carbocycles. The van der Waals surface area contributed by atoms with Crippen LogP contribution in [0.25, 0.3) is 10.4 Å². The van der Waals surface area contributed by atoms with Gasteiger partial charge in [0.05, 0.1) is 29.8 Å². The molecular formula is C10H9Cl2N3O2. The highest BCUT2D eigenvalue weighted by Gasteiger charge is 2.38. The van der Waals surface area contributed by atoms with E-state index in [2.05, 4.69) is 10.0 Å². The van der Waals surface area contributed by atoms with Crippen LogP contribution in [0.2, 0.25) is 10.0 Å². The summed E-state index contributed by atoms with van der Waals surface area (Å²) in [7, 11) is 0. The van der Waals surface area contributed by atoms with E-state index < -0.39 is 5.79 Å². The standard InChI is InChI=1S/C10H9Cl2N3O2/c11-8-2-1-7(5-9(8)12)10(6-14-15-13)16-3-4-17-10/h1-2,5H,3-4,6H2. The highest BCUT2D eigenvalue weighted by atomic mass is 35.5. The second-order valence-corrected chi connectivity index (χ2v) is 4.28. The number of azide groups is 1. The molecule has 0 amide bonds. The number of benzene rings is 1. The van der Waals surface area contributed by atoms with Crippen molar-refractivity contribution in [3.05, 3.63) is 44.3 Å². The van der Waals surface area contributed by atoms with Crippen molar-refractivity contribution in [2.45, 2.75) is 5.79 Å². The van der Waals surface area contributed by atoms with Gasteiger partial charge in [0, 0.05) is 10.5 Å². The molecule has 0 N–H and O–H groups in total. The van der Waals surface area contributed by atoms with Gasteiger partial charge in [0.1, 0.15) is 0 Å². The molecule has 7 heteroatoms. The summed E-state index contributed by atoms with van der Waals surface area (Å²) in [6.45, 7) is 0.948. The Morgan fingerprint density at radius 2 is 2.00 bits per heavy atom. The van der Waals surface area contributed by atoms with E-state index in [-0.39, 0.29) is 6.54 Å². The van der Waals surface area contributed by atoms with Crippen LogP contribution in [0.5, 0.6) is 0 Å². The molecule has 0 aliphatic carbocycles. The van der Waals surface area contributed by atoms with E-state index >= 15 is 0 Å². The Kier molecular flexibility index (Phi) is 3.76. The fraction of sp³-hybridized carbons (Fsp3) is 0.400. The molecule has 0 atom stereocenters. The molecule has 2 rings (SSSR count).